The number of imidazole rings is 1. The van der Waals surface area contributed by atoms with Crippen LogP contribution in [0.15, 0.2) is 60.7 Å². The molecule has 0 radical (unpaired) electrons. The molecule has 4 aromatic rings. The van der Waals surface area contributed by atoms with Crippen LogP contribution in [0, 0.1) is 0 Å². The highest BCUT2D eigenvalue weighted by Crippen LogP contribution is 2.35. The molecule has 154 valence electrons. The number of hydrogen-bond donors (Lipinski definition) is 0. The van der Waals surface area contributed by atoms with Gasteiger partial charge in [0.25, 0.3) is 0 Å². The van der Waals surface area contributed by atoms with Crippen LogP contribution in [0.5, 0.6) is 11.5 Å². The number of rotatable bonds is 7. The maximum Gasteiger partial charge on any atom is 0.160 e. The lowest BCUT2D eigenvalue weighted by molar-refractivity contribution is 0.242. The molecule has 2 aromatic carbocycles. The first-order valence-corrected chi connectivity index (χ1v) is 10.3. The summed E-state index contributed by atoms with van der Waals surface area (Å²) in [5.41, 5.74) is 4.82. The molecule has 0 aliphatic carbocycles. The molecule has 2 aromatic heterocycles. The van der Waals surface area contributed by atoms with Crippen LogP contribution in [0.1, 0.15) is 32.0 Å². The third-order valence-corrected chi connectivity index (χ3v) is 4.94. The fourth-order valence-electron chi connectivity index (χ4n) is 3.41. The number of fused-ring (bicyclic) bond motifs is 1. The van der Waals surface area contributed by atoms with Crippen LogP contribution in [0.4, 0.5) is 0 Å². The standard InChI is InChI=1S/C25H27N3O2/c1-5-19-11-13-22-25(26-19)28(4)24(27-22)21-15-20(12-14-23(21)30-17(2)3)29-16-18-9-7-6-8-10-18/h6-15,17H,5,16H2,1-4H3. The Balaban J connectivity index is 1.74. The third kappa shape index (κ3) is 4.15. The van der Waals surface area contributed by atoms with E-state index in [-0.39, 0.29) is 6.10 Å². The second-order valence-electron chi connectivity index (χ2n) is 7.59. The van der Waals surface area contributed by atoms with Crippen molar-refractivity contribution in [1.29, 1.82) is 0 Å². The molecular formula is C25H27N3O2. The van der Waals surface area contributed by atoms with Crippen molar-refractivity contribution in [2.75, 3.05) is 0 Å². The van der Waals surface area contributed by atoms with Gasteiger partial charge in [0.1, 0.15) is 29.4 Å². The number of hydrogen-bond acceptors (Lipinski definition) is 4. The fourth-order valence-corrected chi connectivity index (χ4v) is 3.41. The molecule has 5 nitrogen and oxygen atoms in total. The lowest BCUT2D eigenvalue weighted by Crippen LogP contribution is -2.08. The molecule has 5 heteroatoms. The van der Waals surface area contributed by atoms with Crippen molar-refractivity contribution in [3.63, 3.8) is 0 Å². The van der Waals surface area contributed by atoms with Crippen molar-refractivity contribution >= 4 is 11.2 Å². The molecule has 0 atom stereocenters. The van der Waals surface area contributed by atoms with Gasteiger partial charge in [0.2, 0.25) is 0 Å². The van der Waals surface area contributed by atoms with Crippen molar-refractivity contribution in [3.8, 4) is 22.9 Å². The van der Waals surface area contributed by atoms with E-state index in [4.69, 9.17) is 19.4 Å². The maximum absolute atomic E-state index is 6.08. The molecule has 0 amide bonds. The number of benzene rings is 2. The monoisotopic (exact) mass is 401 g/mol. The zero-order valence-electron chi connectivity index (χ0n) is 17.9. The highest BCUT2D eigenvalue weighted by molar-refractivity contribution is 5.79. The van der Waals surface area contributed by atoms with Crippen molar-refractivity contribution in [3.05, 3.63) is 71.9 Å². The van der Waals surface area contributed by atoms with E-state index in [0.717, 1.165) is 51.7 Å². The predicted molar refractivity (Wildman–Crippen MR) is 120 cm³/mol. The maximum atomic E-state index is 6.08. The molecule has 0 unspecified atom stereocenters. The van der Waals surface area contributed by atoms with E-state index in [0.29, 0.717) is 6.61 Å². The Labute approximate surface area is 177 Å². The Morgan fingerprint density at radius 1 is 0.967 bits per heavy atom. The van der Waals surface area contributed by atoms with Gasteiger partial charge in [-0.1, -0.05) is 37.3 Å². The quantitative estimate of drug-likeness (QED) is 0.407. The first-order chi connectivity index (χ1) is 14.5. The van der Waals surface area contributed by atoms with Gasteiger partial charge in [0, 0.05) is 12.7 Å². The molecule has 0 fully saturated rings. The van der Waals surface area contributed by atoms with E-state index < -0.39 is 0 Å². The SMILES string of the molecule is CCc1ccc2nc(-c3cc(OCc4ccccc4)ccc3OC(C)C)n(C)c2n1. The number of nitrogens with zero attached hydrogens (tertiary/aromatic N) is 3. The van der Waals surface area contributed by atoms with Gasteiger partial charge in [0.15, 0.2) is 5.65 Å². The van der Waals surface area contributed by atoms with Gasteiger partial charge in [-0.2, -0.15) is 0 Å². The first-order valence-electron chi connectivity index (χ1n) is 10.3. The van der Waals surface area contributed by atoms with Gasteiger partial charge < -0.3 is 14.0 Å². The largest absolute Gasteiger partial charge is 0.490 e. The van der Waals surface area contributed by atoms with Crippen molar-refractivity contribution in [2.45, 2.75) is 39.9 Å². The van der Waals surface area contributed by atoms with Crippen molar-refractivity contribution < 1.29 is 9.47 Å². The molecule has 0 saturated heterocycles. The smallest absolute Gasteiger partial charge is 0.160 e. The van der Waals surface area contributed by atoms with Crippen LogP contribution in [-0.2, 0) is 20.1 Å². The molecule has 0 aliphatic rings. The Kier molecular flexibility index (Phi) is 5.70. The van der Waals surface area contributed by atoms with E-state index in [2.05, 4.69) is 19.1 Å². The Morgan fingerprint density at radius 2 is 1.77 bits per heavy atom. The van der Waals surface area contributed by atoms with Gasteiger partial charge in [-0.25, -0.2) is 9.97 Å². The van der Waals surface area contributed by atoms with Crippen LogP contribution in [-0.4, -0.2) is 20.6 Å². The van der Waals surface area contributed by atoms with Crippen molar-refractivity contribution in [1.82, 2.24) is 14.5 Å². The number of pyridine rings is 1. The van der Waals surface area contributed by atoms with Gasteiger partial charge in [-0.3, -0.25) is 0 Å². The van der Waals surface area contributed by atoms with Crippen LogP contribution in [0.2, 0.25) is 0 Å². The molecule has 4 rings (SSSR count). The van der Waals surface area contributed by atoms with Crippen LogP contribution in [0.25, 0.3) is 22.6 Å². The summed E-state index contributed by atoms with van der Waals surface area (Å²) in [5, 5.41) is 0. The Bertz CT molecular complexity index is 1150. The normalized spacial score (nSPS) is 11.2. The molecule has 30 heavy (non-hydrogen) atoms. The summed E-state index contributed by atoms with van der Waals surface area (Å²) < 4.78 is 14.2. The van der Waals surface area contributed by atoms with E-state index in [1.165, 1.54) is 0 Å². The number of aromatic nitrogens is 3. The number of aryl methyl sites for hydroxylation is 2. The van der Waals surface area contributed by atoms with Gasteiger partial charge >= 0.3 is 0 Å². The average molecular weight is 402 g/mol. The minimum Gasteiger partial charge on any atom is -0.490 e. The van der Waals surface area contributed by atoms with E-state index in [1.54, 1.807) is 0 Å². The first kappa shape index (κ1) is 20.0. The number of ether oxygens (including phenoxy) is 2. The summed E-state index contributed by atoms with van der Waals surface area (Å²) in [6.07, 6.45) is 0.945. The minimum absolute atomic E-state index is 0.0549. The minimum atomic E-state index is 0.0549. The lowest BCUT2D eigenvalue weighted by Gasteiger charge is -2.16. The van der Waals surface area contributed by atoms with E-state index in [9.17, 15) is 0 Å². The summed E-state index contributed by atoms with van der Waals surface area (Å²) in [5.74, 6) is 2.37. The van der Waals surface area contributed by atoms with Crippen LogP contribution < -0.4 is 9.47 Å². The molecule has 0 aliphatic heterocycles. The zero-order chi connectivity index (χ0) is 21.1. The molecule has 0 N–H and O–H groups in total. The third-order valence-electron chi connectivity index (χ3n) is 4.94. The highest BCUT2D eigenvalue weighted by Gasteiger charge is 2.17. The molecule has 0 bridgehead atoms. The van der Waals surface area contributed by atoms with Crippen LogP contribution >= 0.6 is 0 Å². The van der Waals surface area contributed by atoms with Gasteiger partial charge in [-0.05, 0) is 56.2 Å². The predicted octanol–water partition coefficient (Wildman–Crippen LogP) is 5.56. The topological polar surface area (TPSA) is 49.2 Å². The Morgan fingerprint density at radius 3 is 2.50 bits per heavy atom. The second-order valence-corrected chi connectivity index (χ2v) is 7.59. The highest BCUT2D eigenvalue weighted by atomic mass is 16.5. The molecule has 0 saturated carbocycles. The summed E-state index contributed by atoms with van der Waals surface area (Å²) in [6, 6.07) is 20.1. The molecular weight excluding hydrogens is 374 g/mol. The fraction of sp³-hybridized carbons (Fsp3) is 0.280. The van der Waals surface area contributed by atoms with E-state index >= 15 is 0 Å². The molecule has 2 heterocycles. The van der Waals surface area contributed by atoms with Crippen LogP contribution in [0.3, 0.4) is 0 Å². The summed E-state index contributed by atoms with van der Waals surface area (Å²) in [6.45, 7) is 6.66. The van der Waals surface area contributed by atoms with Gasteiger partial charge in [0.05, 0.1) is 11.7 Å². The van der Waals surface area contributed by atoms with Crippen molar-refractivity contribution in [2.24, 2.45) is 7.05 Å². The second kappa shape index (κ2) is 8.57. The molecule has 0 spiro atoms. The summed E-state index contributed by atoms with van der Waals surface area (Å²) in [4.78, 5) is 9.61. The van der Waals surface area contributed by atoms with E-state index in [1.807, 2.05) is 74.0 Å². The zero-order valence-corrected chi connectivity index (χ0v) is 17.9. The Hall–Kier alpha value is -3.34. The lowest BCUT2D eigenvalue weighted by atomic mass is 10.1. The van der Waals surface area contributed by atoms with Gasteiger partial charge in [-0.15, -0.1) is 0 Å². The average Bonchev–Trinajstić information content (AvgIpc) is 3.09. The summed E-state index contributed by atoms with van der Waals surface area (Å²) in [7, 11) is 1.99. The summed E-state index contributed by atoms with van der Waals surface area (Å²) >= 11 is 0.